The second-order valence-corrected chi connectivity index (χ2v) is 7.95. The number of ether oxygens (including phenoxy) is 1. The molecule has 0 saturated carbocycles. The highest BCUT2D eigenvalue weighted by molar-refractivity contribution is 7.85. The van der Waals surface area contributed by atoms with Gasteiger partial charge in [0, 0.05) is 0 Å². The number of aliphatic hydroxyl groups excluding tert-OH is 1. The molecule has 1 saturated heterocycles. The molecular weight excluding hydrogens is 377 g/mol. The van der Waals surface area contributed by atoms with Gasteiger partial charge in [-0.15, -0.1) is 0 Å². The molecule has 2 rings (SSSR count). The third kappa shape index (κ3) is 7.43. The van der Waals surface area contributed by atoms with Gasteiger partial charge in [0.2, 0.25) is 0 Å². The molecule has 1 amide bonds. The van der Waals surface area contributed by atoms with Gasteiger partial charge in [-0.1, -0.05) is 39.2 Å². The van der Waals surface area contributed by atoms with Crippen molar-refractivity contribution in [2.45, 2.75) is 51.7 Å². The van der Waals surface area contributed by atoms with Crippen LogP contribution < -0.4 is 4.90 Å². The van der Waals surface area contributed by atoms with Gasteiger partial charge in [0.15, 0.2) is 0 Å². The van der Waals surface area contributed by atoms with Crippen molar-refractivity contribution in [1.82, 2.24) is 0 Å². The minimum absolute atomic E-state index is 0.215. The highest BCUT2D eigenvalue weighted by Gasteiger charge is 2.45. The van der Waals surface area contributed by atoms with E-state index in [-0.39, 0.29) is 18.6 Å². The summed E-state index contributed by atoms with van der Waals surface area (Å²) < 4.78 is 44.7. The maximum Gasteiger partial charge on any atom is 0.415 e. The van der Waals surface area contributed by atoms with E-state index in [0.29, 0.717) is 11.9 Å². The highest BCUT2D eigenvalue weighted by Crippen LogP contribution is 2.34. The first-order chi connectivity index (χ1) is 12.6. The first kappa shape index (κ1) is 23.3. The molecule has 9 heteroatoms. The predicted molar refractivity (Wildman–Crippen MR) is 101 cm³/mol. The van der Waals surface area contributed by atoms with Gasteiger partial charge in [0.1, 0.15) is 11.9 Å². The van der Waals surface area contributed by atoms with Gasteiger partial charge in [-0.3, -0.25) is 9.45 Å². The number of hydrogen-bond donors (Lipinski definition) is 2. The van der Waals surface area contributed by atoms with Crippen LogP contribution in [0.1, 0.15) is 39.5 Å². The zero-order valence-electron chi connectivity index (χ0n) is 15.8. The Morgan fingerprint density at radius 2 is 1.96 bits per heavy atom. The Labute approximate surface area is 159 Å². The van der Waals surface area contributed by atoms with Crippen LogP contribution in [0.3, 0.4) is 0 Å². The molecule has 27 heavy (non-hydrogen) atoms. The molecule has 0 bridgehead atoms. The minimum atomic E-state index is -3.67. The molecule has 0 aliphatic carbocycles. The molecule has 3 atom stereocenters. The quantitative estimate of drug-likeness (QED) is 0.675. The lowest BCUT2D eigenvalue weighted by atomic mass is 9.87. The van der Waals surface area contributed by atoms with Crippen molar-refractivity contribution in [3.8, 4) is 0 Å². The summed E-state index contributed by atoms with van der Waals surface area (Å²) in [7, 11) is -3.67. The van der Waals surface area contributed by atoms with E-state index in [1.807, 2.05) is 0 Å². The summed E-state index contributed by atoms with van der Waals surface area (Å²) in [5.41, 5.74) is 0.487. The van der Waals surface area contributed by atoms with E-state index in [9.17, 15) is 22.7 Å². The van der Waals surface area contributed by atoms with Gasteiger partial charge in [-0.2, -0.15) is 8.42 Å². The average molecular weight is 405 g/mol. The third-order valence-corrected chi connectivity index (χ3v) is 4.33. The number of nitrogens with zero attached hydrogens (tertiary/aromatic N) is 1. The van der Waals surface area contributed by atoms with Gasteiger partial charge >= 0.3 is 6.09 Å². The average Bonchev–Trinajstić information content (AvgIpc) is 2.90. The lowest BCUT2D eigenvalue weighted by Crippen LogP contribution is -2.43. The standard InChI is InChI=1S/C17H24FNO3.CH4O3S/c1-3-5-7-12(4-2)16-15(11-20)22-17(21)19(16)14-9-6-8-13(18)10-14;1-5(2,3)4/h6,8-10,12,15-16,20H,3-5,7,11H2,1-2H3;1H3,(H,2,3,4). The van der Waals surface area contributed by atoms with E-state index in [1.54, 1.807) is 12.1 Å². The van der Waals surface area contributed by atoms with Crippen LogP contribution in [0.2, 0.25) is 0 Å². The van der Waals surface area contributed by atoms with E-state index in [0.717, 1.165) is 25.7 Å². The molecular formula is C18H28FNO6S. The van der Waals surface area contributed by atoms with Gasteiger partial charge in [-0.25, -0.2) is 9.18 Å². The van der Waals surface area contributed by atoms with Gasteiger partial charge in [0.25, 0.3) is 10.1 Å². The smallest absolute Gasteiger partial charge is 0.415 e. The molecule has 1 aromatic carbocycles. The maximum atomic E-state index is 13.5. The molecule has 1 aliphatic heterocycles. The molecule has 3 unspecified atom stereocenters. The van der Waals surface area contributed by atoms with Gasteiger partial charge < -0.3 is 9.84 Å². The fourth-order valence-corrected chi connectivity index (χ4v) is 3.19. The molecule has 0 aromatic heterocycles. The maximum absolute atomic E-state index is 13.5. The number of rotatable bonds is 7. The summed E-state index contributed by atoms with van der Waals surface area (Å²) in [6.45, 7) is 3.98. The largest absolute Gasteiger partial charge is 0.441 e. The fourth-order valence-electron chi connectivity index (χ4n) is 3.19. The number of benzene rings is 1. The Bertz CT molecular complexity index is 704. The minimum Gasteiger partial charge on any atom is -0.441 e. The molecule has 1 heterocycles. The number of unbranched alkanes of at least 4 members (excludes halogenated alkanes) is 1. The summed E-state index contributed by atoms with van der Waals surface area (Å²) in [6.07, 6.45) is 3.61. The van der Waals surface area contributed by atoms with Crippen LogP contribution in [0, 0.1) is 11.7 Å². The molecule has 1 aromatic rings. The van der Waals surface area contributed by atoms with Crippen LogP contribution in [0.15, 0.2) is 24.3 Å². The lowest BCUT2D eigenvalue weighted by Gasteiger charge is -2.31. The lowest BCUT2D eigenvalue weighted by molar-refractivity contribution is 0.0712. The molecule has 0 spiro atoms. The highest BCUT2D eigenvalue weighted by atomic mass is 32.2. The van der Waals surface area contributed by atoms with Crippen LogP contribution in [-0.2, 0) is 14.9 Å². The number of cyclic esters (lactones) is 1. The second-order valence-electron chi connectivity index (χ2n) is 6.49. The van der Waals surface area contributed by atoms with Gasteiger partial charge in [0.05, 0.1) is 24.6 Å². The summed E-state index contributed by atoms with van der Waals surface area (Å²) in [6, 6.07) is 5.70. The van der Waals surface area contributed by atoms with E-state index in [4.69, 9.17) is 9.29 Å². The zero-order valence-corrected chi connectivity index (χ0v) is 16.7. The van der Waals surface area contributed by atoms with Crippen molar-refractivity contribution < 1.29 is 32.0 Å². The number of carbonyl (C=O) groups is 1. The van der Waals surface area contributed by atoms with Crippen molar-refractivity contribution in [2.75, 3.05) is 17.8 Å². The Hall–Kier alpha value is -1.71. The van der Waals surface area contributed by atoms with Crippen molar-refractivity contribution in [2.24, 2.45) is 5.92 Å². The van der Waals surface area contributed by atoms with E-state index in [2.05, 4.69) is 13.8 Å². The Kier molecular flexibility index (Phi) is 9.14. The number of anilines is 1. The van der Waals surface area contributed by atoms with Gasteiger partial charge in [-0.05, 0) is 30.5 Å². The normalized spacial score (nSPS) is 20.7. The number of aliphatic hydroxyl groups is 1. The van der Waals surface area contributed by atoms with Crippen LogP contribution in [0.25, 0.3) is 0 Å². The van der Waals surface area contributed by atoms with E-state index >= 15 is 0 Å². The summed E-state index contributed by atoms with van der Waals surface area (Å²) in [5.74, 6) is -0.176. The number of halogens is 1. The van der Waals surface area contributed by atoms with Crippen molar-refractivity contribution in [3.63, 3.8) is 0 Å². The molecule has 2 N–H and O–H groups in total. The third-order valence-electron chi connectivity index (χ3n) is 4.33. The second kappa shape index (κ2) is 10.6. The molecule has 0 radical (unpaired) electrons. The van der Waals surface area contributed by atoms with Crippen molar-refractivity contribution >= 4 is 21.9 Å². The number of hydrogen-bond acceptors (Lipinski definition) is 5. The van der Waals surface area contributed by atoms with Crippen LogP contribution in [-0.4, -0.2) is 49.2 Å². The SMILES string of the molecule is CCCCC(CC)C1C(CO)OC(=O)N1c1cccc(F)c1.CS(=O)(=O)O. The fraction of sp³-hybridized carbons (Fsp3) is 0.611. The summed E-state index contributed by atoms with van der Waals surface area (Å²) in [4.78, 5) is 13.7. The first-order valence-corrected chi connectivity index (χ1v) is 10.8. The summed E-state index contributed by atoms with van der Waals surface area (Å²) in [5, 5.41) is 9.57. The van der Waals surface area contributed by atoms with Crippen molar-refractivity contribution in [1.29, 1.82) is 0 Å². The van der Waals surface area contributed by atoms with Crippen LogP contribution in [0.5, 0.6) is 0 Å². The first-order valence-electron chi connectivity index (χ1n) is 8.91. The number of carbonyl (C=O) groups excluding carboxylic acids is 1. The molecule has 1 fully saturated rings. The van der Waals surface area contributed by atoms with E-state index < -0.39 is 28.1 Å². The Morgan fingerprint density at radius 3 is 2.44 bits per heavy atom. The Balaban J connectivity index is 0.000000646. The van der Waals surface area contributed by atoms with Crippen LogP contribution in [0.4, 0.5) is 14.9 Å². The number of amides is 1. The van der Waals surface area contributed by atoms with Crippen molar-refractivity contribution in [3.05, 3.63) is 30.1 Å². The van der Waals surface area contributed by atoms with E-state index in [1.165, 1.54) is 17.0 Å². The zero-order chi connectivity index (χ0) is 20.6. The van der Waals surface area contributed by atoms with Crippen LogP contribution >= 0.6 is 0 Å². The summed E-state index contributed by atoms with van der Waals surface area (Å²) >= 11 is 0. The monoisotopic (exact) mass is 405 g/mol. The predicted octanol–water partition coefficient (Wildman–Crippen LogP) is 3.23. The molecule has 154 valence electrons. The molecule has 7 nitrogen and oxygen atoms in total. The molecule has 1 aliphatic rings. The Morgan fingerprint density at radius 1 is 1.33 bits per heavy atom. The topological polar surface area (TPSA) is 104 Å².